The van der Waals surface area contributed by atoms with Crippen LogP contribution in [0.4, 0.5) is 5.82 Å². The van der Waals surface area contributed by atoms with Gasteiger partial charge < -0.3 is 10.5 Å². The zero-order valence-electron chi connectivity index (χ0n) is 10.4. The molecule has 2 aromatic heterocycles. The van der Waals surface area contributed by atoms with Gasteiger partial charge >= 0.3 is 6.01 Å². The first-order chi connectivity index (χ1) is 9.26. The Morgan fingerprint density at radius 2 is 2.00 bits per heavy atom. The number of ether oxygens (including phenoxy) is 1. The van der Waals surface area contributed by atoms with Gasteiger partial charge in [-0.25, -0.2) is 0 Å². The number of rotatable bonds is 2. The third-order valence-electron chi connectivity index (χ3n) is 2.81. The summed E-state index contributed by atoms with van der Waals surface area (Å²) >= 11 is 0. The highest BCUT2D eigenvalue weighted by molar-refractivity contribution is 5.83. The van der Waals surface area contributed by atoms with Crippen molar-refractivity contribution in [3.8, 4) is 17.3 Å². The van der Waals surface area contributed by atoms with Crippen molar-refractivity contribution in [1.29, 1.82) is 0 Å². The van der Waals surface area contributed by atoms with Crippen LogP contribution in [-0.4, -0.2) is 22.1 Å². The minimum atomic E-state index is 0.260. The van der Waals surface area contributed by atoms with E-state index < -0.39 is 0 Å². The molecule has 2 N–H and O–H groups in total. The van der Waals surface area contributed by atoms with Gasteiger partial charge in [-0.05, 0) is 12.1 Å². The van der Waals surface area contributed by atoms with Crippen molar-refractivity contribution in [2.45, 2.75) is 0 Å². The van der Waals surface area contributed by atoms with Gasteiger partial charge in [-0.2, -0.15) is 9.97 Å². The lowest BCUT2D eigenvalue weighted by Crippen LogP contribution is -1.98. The molecule has 0 unspecified atom stereocenters. The van der Waals surface area contributed by atoms with Gasteiger partial charge in [0.1, 0.15) is 5.82 Å². The van der Waals surface area contributed by atoms with Gasteiger partial charge in [0.25, 0.3) is 0 Å². The van der Waals surface area contributed by atoms with Crippen LogP contribution in [0.2, 0.25) is 0 Å². The lowest BCUT2D eigenvalue weighted by atomic mass is 10.1. The van der Waals surface area contributed by atoms with E-state index in [1.54, 1.807) is 12.3 Å². The molecule has 3 rings (SSSR count). The number of aromatic nitrogens is 3. The average molecular weight is 252 g/mol. The van der Waals surface area contributed by atoms with Gasteiger partial charge in [-0.3, -0.25) is 4.98 Å². The van der Waals surface area contributed by atoms with Crippen LogP contribution in [0.5, 0.6) is 6.01 Å². The van der Waals surface area contributed by atoms with E-state index >= 15 is 0 Å². The van der Waals surface area contributed by atoms with E-state index in [0.29, 0.717) is 5.82 Å². The molecule has 0 atom stereocenters. The Morgan fingerprint density at radius 3 is 2.84 bits per heavy atom. The second-order valence-corrected chi connectivity index (χ2v) is 4.08. The molecule has 5 nitrogen and oxygen atoms in total. The molecule has 0 amide bonds. The van der Waals surface area contributed by atoms with Crippen LogP contribution in [0.3, 0.4) is 0 Å². The topological polar surface area (TPSA) is 73.9 Å². The van der Waals surface area contributed by atoms with E-state index in [-0.39, 0.29) is 6.01 Å². The van der Waals surface area contributed by atoms with Crippen molar-refractivity contribution in [2.75, 3.05) is 12.8 Å². The van der Waals surface area contributed by atoms with Crippen molar-refractivity contribution >= 4 is 16.7 Å². The summed E-state index contributed by atoms with van der Waals surface area (Å²) in [7, 11) is 1.51. The first-order valence-electron chi connectivity index (χ1n) is 5.80. The van der Waals surface area contributed by atoms with E-state index in [0.717, 1.165) is 22.2 Å². The van der Waals surface area contributed by atoms with Crippen LogP contribution < -0.4 is 10.5 Å². The first kappa shape index (κ1) is 11.4. The predicted octanol–water partition coefficient (Wildman–Crippen LogP) is 2.28. The third-order valence-corrected chi connectivity index (χ3v) is 2.81. The summed E-state index contributed by atoms with van der Waals surface area (Å²) in [6, 6.07) is 11.8. The molecule has 0 saturated carbocycles. The largest absolute Gasteiger partial charge is 0.467 e. The Labute approximate surface area is 110 Å². The fourth-order valence-electron chi connectivity index (χ4n) is 1.91. The summed E-state index contributed by atoms with van der Waals surface area (Å²) in [5, 5.41) is 1.08. The number of pyridine rings is 1. The van der Waals surface area contributed by atoms with Crippen LogP contribution in [0.1, 0.15) is 0 Å². The first-order valence-corrected chi connectivity index (χ1v) is 5.80. The van der Waals surface area contributed by atoms with Crippen molar-refractivity contribution in [3.63, 3.8) is 0 Å². The average Bonchev–Trinajstić information content (AvgIpc) is 2.46. The number of nitrogens with zero attached hydrogens (tertiary/aromatic N) is 3. The molecule has 3 aromatic rings. The molecule has 0 aliphatic rings. The number of hydrogen-bond donors (Lipinski definition) is 1. The van der Waals surface area contributed by atoms with Gasteiger partial charge in [-0.15, -0.1) is 0 Å². The maximum atomic E-state index is 5.74. The Bertz CT molecular complexity index is 742. The van der Waals surface area contributed by atoms with Gasteiger partial charge in [-0.1, -0.05) is 18.2 Å². The summed E-state index contributed by atoms with van der Waals surface area (Å²) in [6.45, 7) is 0. The molecule has 0 radical (unpaired) electrons. The normalized spacial score (nSPS) is 10.6. The van der Waals surface area contributed by atoms with E-state index in [1.807, 2.05) is 30.3 Å². The minimum Gasteiger partial charge on any atom is -0.467 e. The lowest BCUT2D eigenvalue weighted by Gasteiger charge is -2.05. The van der Waals surface area contributed by atoms with Gasteiger partial charge in [0.05, 0.1) is 18.3 Å². The van der Waals surface area contributed by atoms with Crippen molar-refractivity contribution in [2.24, 2.45) is 0 Å². The number of hydrogen-bond acceptors (Lipinski definition) is 5. The highest BCUT2D eigenvalue weighted by Gasteiger charge is 2.06. The van der Waals surface area contributed by atoms with Gasteiger partial charge in [0, 0.05) is 23.2 Å². The molecule has 2 heterocycles. The molecular formula is C14H12N4O. The van der Waals surface area contributed by atoms with E-state index in [9.17, 15) is 0 Å². The maximum absolute atomic E-state index is 5.74. The zero-order chi connectivity index (χ0) is 13.2. The molecule has 0 aliphatic carbocycles. The third kappa shape index (κ3) is 2.18. The molecule has 0 spiro atoms. The van der Waals surface area contributed by atoms with Crippen LogP contribution in [0, 0.1) is 0 Å². The summed E-state index contributed by atoms with van der Waals surface area (Å²) in [5.74, 6) is 0.378. The summed E-state index contributed by atoms with van der Waals surface area (Å²) in [6.07, 6.45) is 1.76. The number of fused-ring (bicyclic) bond motifs is 1. The molecule has 0 saturated heterocycles. The number of anilines is 1. The predicted molar refractivity (Wildman–Crippen MR) is 73.7 cm³/mol. The van der Waals surface area contributed by atoms with Crippen molar-refractivity contribution in [1.82, 2.24) is 15.0 Å². The molecule has 94 valence electrons. The molecule has 5 heteroatoms. The molecule has 19 heavy (non-hydrogen) atoms. The molecular weight excluding hydrogens is 240 g/mol. The molecule has 0 fully saturated rings. The smallest absolute Gasteiger partial charge is 0.318 e. The Morgan fingerprint density at radius 1 is 1.11 bits per heavy atom. The van der Waals surface area contributed by atoms with Crippen LogP contribution in [0.15, 0.2) is 42.6 Å². The fourth-order valence-corrected chi connectivity index (χ4v) is 1.91. The van der Waals surface area contributed by atoms with E-state index in [1.165, 1.54) is 7.11 Å². The highest BCUT2D eigenvalue weighted by atomic mass is 16.5. The van der Waals surface area contributed by atoms with Crippen LogP contribution >= 0.6 is 0 Å². The standard InChI is InChI=1S/C14H12N4O/c1-19-14-17-12(8-13(15)18-14)10-5-4-9-3-2-6-16-11(9)7-10/h2-8H,1H3,(H2,15,17,18). The number of benzene rings is 1. The Kier molecular flexibility index (Phi) is 2.72. The van der Waals surface area contributed by atoms with Crippen molar-refractivity contribution in [3.05, 3.63) is 42.6 Å². The van der Waals surface area contributed by atoms with Crippen LogP contribution in [0.25, 0.3) is 22.2 Å². The SMILES string of the molecule is COc1nc(N)cc(-c2ccc3cccnc3c2)n1. The van der Waals surface area contributed by atoms with E-state index in [4.69, 9.17) is 10.5 Å². The highest BCUT2D eigenvalue weighted by Crippen LogP contribution is 2.24. The maximum Gasteiger partial charge on any atom is 0.318 e. The van der Waals surface area contributed by atoms with Crippen molar-refractivity contribution < 1.29 is 4.74 Å². The molecule has 0 aliphatic heterocycles. The summed E-state index contributed by atoms with van der Waals surface area (Å²) in [4.78, 5) is 12.6. The second kappa shape index (κ2) is 4.53. The lowest BCUT2D eigenvalue weighted by molar-refractivity contribution is 0.381. The zero-order valence-corrected chi connectivity index (χ0v) is 10.4. The Hall–Kier alpha value is -2.69. The van der Waals surface area contributed by atoms with Crippen LogP contribution in [-0.2, 0) is 0 Å². The monoisotopic (exact) mass is 252 g/mol. The Balaban J connectivity index is 2.15. The summed E-state index contributed by atoms with van der Waals surface area (Å²) in [5.41, 5.74) is 8.30. The van der Waals surface area contributed by atoms with E-state index in [2.05, 4.69) is 15.0 Å². The molecule has 1 aromatic carbocycles. The number of methoxy groups -OCH3 is 1. The second-order valence-electron chi connectivity index (χ2n) is 4.08. The minimum absolute atomic E-state index is 0.260. The quantitative estimate of drug-likeness (QED) is 0.757. The fraction of sp³-hybridized carbons (Fsp3) is 0.0714. The summed E-state index contributed by atoms with van der Waals surface area (Å²) < 4.78 is 5.03. The van der Waals surface area contributed by atoms with Gasteiger partial charge in [0.2, 0.25) is 0 Å². The molecule has 0 bridgehead atoms. The number of nitrogen functional groups attached to an aromatic ring is 1. The number of nitrogens with two attached hydrogens (primary N) is 1. The van der Waals surface area contributed by atoms with Gasteiger partial charge in [0.15, 0.2) is 0 Å².